The van der Waals surface area contributed by atoms with Crippen LogP contribution in [0.5, 0.6) is 11.5 Å². The van der Waals surface area contributed by atoms with E-state index in [1.165, 1.54) is 55.6 Å². The summed E-state index contributed by atoms with van der Waals surface area (Å²) < 4.78 is 12.1. The van der Waals surface area contributed by atoms with Gasteiger partial charge in [-0.25, -0.2) is 0 Å². The zero-order chi connectivity index (χ0) is 29.1. The van der Waals surface area contributed by atoms with Gasteiger partial charge in [-0.05, 0) is 69.5 Å². The van der Waals surface area contributed by atoms with E-state index in [1.807, 2.05) is 0 Å². The summed E-state index contributed by atoms with van der Waals surface area (Å²) in [7, 11) is 0. The van der Waals surface area contributed by atoms with Gasteiger partial charge in [0.05, 0.1) is 10.8 Å². The van der Waals surface area contributed by atoms with Gasteiger partial charge < -0.3 is 9.47 Å². The molecule has 212 valence electrons. The van der Waals surface area contributed by atoms with Crippen LogP contribution in [0.1, 0.15) is 33.4 Å². The maximum absolute atomic E-state index is 6.06. The van der Waals surface area contributed by atoms with Gasteiger partial charge >= 0.3 is 0 Å². The Kier molecular flexibility index (Phi) is 5.62. The Bertz CT molecular complexity index is 1910. The van der Waals surface area contributed by atoms with Crippen LogP contribution in [0, 0.1) is 0 Å². The van der Waals surface area contributed by atoms with E-state index in [9.17, 15) is 0 Å². The monoisotopic (exact) mass is 568 g/mol. The van der Waals surface area contributed by atoms with Crippen LogP contribution in [0.15, 0.2) is 146 Å². The number of benzene rings is 6. The van der Waals surface area contributed by atoms with Crippen LogP contribution < -0.4 is 9.47 Å². The molecular weight excluding hydrogens is 536 g/mol. The van der Waals surface area contributed by atoms with Crippen LogP contribution in [-0.2, 0) is 23.7 Å². The molecule has 2 aliphatic carbocycles. The van der Waals surface area contributed by atoms with Gasteiger partial charge in [-0.2, -0.15) is 0 Å². The molecule has 2 spiro atoms. The molecule has 0 saturated heterocycles. The van der Waals surface area contributed by atoms with Gasteiger partial charge in [0.1, 0.15) is 24.7 Å². The minimum atomic E-state index is -0.0401. The van der Waals surface area contributed by atoms with Crippen molar-refractivity contribution >= 4 is 0 Å². The van der Waals surface area contributed by atoms with E-state index in [4.69, 9.17) is 9.47 Å². The molecule has 2 atom stereocenters. The highest BCUT2D eigenvalue weighted by molar-refractivity contribution is 5.79. The maximum atomic E-state index is 6.06. The Morgan fingerprint density at radius 3 is 1.14 bits per heavy atom. The average Bonchev–Trinajstić information content (AvgIpc) is 3.65. The van der Waals surface area contributed by atoms with Crippen molar-refractivity contribution in [2.45, 2.75) is 23.7 Å². The van der Waals surface area contributed by atoms with Gasteiger partial charge in [0.25, 0.3) is 0 Å². The van der Waals surface area contributed by atoms with Crippen molar-refractivity contribution in [1.82, 2.24) is 0 Å². The topological polar surface area (TPSA) is 18.5 Å². The molecule has 2 aliphatic heterocycles. The highest BCUT2D eigenvalue weighted by atomic mass is 16.5. The lowest BCUT2D eigenvalue weighted by molar-refractivity contribution is 0.289. The number of fused-ring (bicyclic) bond motifs is 12. The molecule has 0 aromatic heterocycles. The lowest BCUT2D eigenvalue weighted by Gasteiger charge is -2.36. The Morgan fingerprint density at radius 1 is 0.341 bits per heavy atom. The molecule has 2 heteroatoms. The maximum Gasteiger partial charge on any atom is 0.123 e. The van der Waals surface area contributed by atoms with Crippen LogP contribution in [0.2, 0.25) is 0 Å². The molecule has 0 radical (unpaired) electrons. The van der Waals surface area contributed by atoms with Gasteiger partial charge in [0.2, 0.25) is 0 Å². The summed E-state index contributed by atoms with van der Waals surface area (Å²) in [5.74, 6) is 2.08. The fraction of sp³-hybridized carbons (Fsp3) is 0.143. The summed E-state index contributed by atoms with van der Waals surface area (Å²) in [5.41, 5.74) is 13.7. The lowest BCUT2D eigenvalue weighted by Crippen LogP contribution is -2.35. The first-order chi connectivity index (χ1) is 21.8. The molecule has 10 rings (SSSR count). The van der Waals surface area contributed by atoms with E-state index >= 15 is 0 Å². The first kappa shape index (κ1) is 25.4. The normalized spacial score (nSPS) is 20.9. The number of para-hydroxylation sites is 2. The third-order valence-electron chi connectivity index (χ3n) is 10.2. The van der Waals surface area contributed by atoms with Gasteiger partial charge in [-0.1, -0.05) is 133 Å². The van der Waals surface area contributed by atoms with Crippen LogP contribution >= 0.6 is 0 Å². The predicted octanol–water partition coefficient (Wildman–Crippen LogP) is 9.18. The van der Waals surface area contributed by atoms with Crippen LogP contribution in [0.4, 0.5) is 0 Å². The lowest BCUT2D eigenvalue weighted by atomic mass is 9.65. The quantitative estimate of drug-likeness (QED) is 0.182. The van der Waals surface area contributed by atoms with E-state index in [1.54, 1.807) is 0 Å². The van der Waals surface area contributed by atoms with Crippen LogP contribution in [0.25, 0.3) is 22.3 Å². The molecule has 0 unspecified atom stereocenters. The molecule has 2 nitrogen and oxygen atoms in total. The van der Waals surface area contributed by atoms with Crippen molar-refractivity contribution in [3.05, 3.63) is 179 Å². The minimum absolute atomic E-state index is 0.0401. The molecule has 4 aliphatic rings. The second-order valence-electron chi connectivity index (χ2n) is 12.5. The summed E-state index contributed by atoms with van der Waals surface area (Å²) in [6.45, 7) is 1.47. The van der Waals surface area contributed by atoms with Gasteiger partial charge in [-0.15, -0.1) is 0 Å². The standard InChI is InChI=1S/2C21H16O/c2*1-2-8-16-15(7-1)13-21(18-10-4-3-9-17(16)18)14-22-20-12-6-5-11-19(20)21/h2*1-12H,13-14H2/t2*21-/m11/s1. The summed E-state index contributed by atoms with van der Waals surface area (Å²) in [5, 5.41) is 0. The third kappa shape index (κ3) is 3.61. The molecule has 0 bridgehead atoms. The molecule has 6 aromatic rings. The smallest absolute Gasteiger partial charge is 0.123 e. The summed E-state index contributed by atoms with van der Waals surface area (Å²) in [4.78, 5) is 0. The van der Waals surface area contributed by atoms with Crippen molar-refractivity contribution in [2.75, 3.05) is 13.2 Å². The van der Waals surface area contributed by atoms with Crippen molar-refractivity contribution < 1.29 is 9.47 Å². The number of hydrogen-bond acceptors (Lipinski definition) is 2. The predicted molar refractivity (Wildman–Crippen MR) is 177 cm³/mol. The Labute approximate surface area is 258 Å². The average molecular weight is 569 g/mol. The van der Waals surface area contributed by atoms with Crippen LogP contribution in [-0.4, -0.2) is 13.2 Å². The number of ether oxygens (including phenoxy) is 2. The van der Waals surface area contributed by atoms with Crippen molar-refractivity contribution in [3.63, 3.8) is 0 Å². The van der Waals surface area contributed by atoms with E-state index in [-0.39, 0.29) is 10.8 Å². The molecule has 0 fully saturated rings. The van der Waals surface area contributed by atoms with E-state index in [2.05, 4.69) is 146 Å². The van der Waals surface area contributed by atoms with Crippen molar-refractivity contribution in [1.29, 1.82) is 0 Å². The Hall–Kier alpha value is -5.08. The molecule has 44 heavy (non-hydrogen) atoms. The van der Waals surface area contributed by atoms with E-state index in [0.717, 1.165) is 37.6 Å². The van der Waals surface area contributed by atoms with Gasteiger partial charge in [0, 0.05) is 11.1 Å². The Balaban J connectivity index is 0.000000123. The van der Waals surface area contributed by atoms with E-state index in [0.29, 0.717) is 0 Å². The molecule has 0 saturated carbocycles. The fourth-order valence-electron chi connectivity index (χ4n) is 8.26. The summed E-state index contributed by atoms with van der Waals surface area (Å²) >= 11 is 0. The molecule has 0 N–H and O–H groups in total. The van der Waals surface area contributed by atoms with Gasteiger partial charge in [0.15, 0.2) is 0 Å². The van der Waals surface area contributed by atoms with Crippen LogP contribution in [0.3, 0.4) is 0 Å². The first-order valence-corrected chi connectivity index (χ1v) is 15.6. The zero-order valence-electron chi connectivity index (χ0n) is 24.5. The largest absolute Gasteiger partial charge is 0.492 e. The highest BCUT2D eigenvalue weighted by Gasteiger charge is 2.47. The van der Waals surface area contributed by atoms with Crippen molar-refractivity contribution in [2.24, 2.45) is 0 Å². The summed E-state index contributed by atoms with van der Waals surface area (Å²) in [6.07, 6.45) is 2.02. The SMILES string of the molecule is c1ccc2c(c1)C[C@@]1(COc3ccccc31)c1ccccc1-2.c1ccc2c(c1)C[C@@]1(COc3ccccc31)c1ccccc1-2. The minimum Gasteiger partial charge on any atom is -0.492 e. The molecular formula is C42H32O2. The van der Waals surface area contributed by atoms with E-state index < -0.39 is 0 Å². The summed E-state index contributed by atoms with van der Waals surface area (Å²) in [6, 6.07) is 52.1. The highest BCUT2D eigenvalue weighted by Crippen LogP contribution is 2.53. The molecule has 0 amide bonds. The number of hydrogen-bond donors (Lipinski definition) is 0. The molecule has 2 heterocycles. The fourth-order valence-corrected chi connectivity index (χ4v) is 8.26. The second kappa shape index (κ2) is 9.72. The van der Waals surface area contributed by atoms with Gasteiger partial charge in [-0.3, -0.25) is 0 Å². The Morgan fingerprint density at radius 2 is 0.682 bits per heavy atom. The first-order valence-electron chi connectivity index (χ1n) is 15.6. The second-order valence-corrected chi connectivity index (χ2v) is 12.5. The molecule has 6 aromatic carbocycles. The third-order valence-corrected chi connectivity index (χ3v) is 10.2. The number of rotatable bonds is 0. The zero-order valence-corrected chi connectivity index (χ0v) is 24.5. The van der Waals surface area contributed by atoms with Crippen molar-refractivity contribution in [3.8, 4) is 33.8 Å².